The number of hydrogen-bond donors (Lipinski definition) is 3. The highest BCUT2D eigenvalue weighted by Gasteiger charge is 2.20. The van der Waals surface area contributed by atoms with Crippen LogP contribution in [0.25, 0.3) is 0 Å². The van der Waals surface area contributed by atoms with Crippen molar-refractivity contribution in [3.05, 3.63) is 60.3 Å². The summed E-state index contributed by atoms with van der Waals surface area (Å²) in [6.07, 6.45) is 0. The predicted molar refractivity (Wildman–Crippen MR) is 82.6 cm³/mol. The van der Waals surface area contributed by atoms with E-state index in [4.69, 9.17) is 0 Å². The monoisotopic (exact) mass is 305 g/mol. The molecule has 22 heavy (non-hydrogen) atoms. The molecule has 3 N–H and O–H groups in total. The van der Waals surface area contributed by atoms with Gasteiger partial charge in [0.05, 0.1) is 6.54 Å². The number of hydrogen-bond acceptors (Lipinski definition) is 4. The minimum Gasteiger partial charge on any atom is -0.507 e. The molecule has 0 fully saturated rings. The number of aromatic hydroxyl groups is 1. The number of rotatable bonds is 2. The predicted octanol–water partition coefficient (Wildman–Crippen LogP) is 0.585. The molecule has 0 atom stereocenters. The molecule has 0 bridgehead atoms. The van der Waals surface area contributed by atoms with Gasteiger partial charge in [0.15, 0.2) is 0 Å². The fraction of sp³-hybridized carbons (Fsp3) is 0.400. The molecule has 2 aromatic rings. The standard InChI is InChI=1S/C15H19N3O4/c1-8-9(5-6-10(11(8)19)15(2,3)4)7-18-13(21)16-12(20)17-14(18)22/h5-6,19H,7H2,1-4H3,(H2,16,17,20,21,22). The third-order valence-corrected chi connectivity index (χ3v) is 3.61. The van der Waals surface area contributed by atoms with Gasteiger partial charge < -0.3 is 5.11 Å². The molecule has 0 aliphatic rings. The van der Waals surface area contributed by atoms with Gasteiger partial charge in [-0.15, -0.1) is 0 Å². The van der Waals surface area contributed by atoms with Crippen LogP contribution in [0.1, 0.15) is 37.5 Å². The number of nitrogens with one attached hydrogen (secondary N) is 2. The van der Waals surface area contributed by atoms with Gasteiger partial charge in [0.1, 0.15) is 5.75 Å². The fourth-order valence-electron chi connectivity index (χ4n) is 2.29. The van der Waals surface area contributed by atoms with E-state index in [-0.39, 0.29) is 17.7 Å². The number of benzene rings is 1. The summed E-state index contributed by atoms with van der Waals surface area (Å²) in [7, 11) is 0. The molecule has 7 heteroatoms. The van der Waals surface area contributed by atoms with Crippen LogP contribution in [0.2, 0.25) is 0 Å². The largest absolute Gasteiger partial charge is 0.507 e. The number of phenolic OH excluding ortho intramolecular Hbond substituents is 1. The van der Waals surface area contributed by atoms with Gasteiger partial charge in [0.2, 0.25) is 0 Å². The first-order valence-electron chi connectivity index (χ1n) is 6.86. The minimum atomic E-state index is -0.839. The van der Waals surface area contributed by atoms with Gasteiger partial charge in [-0.05, 0) is 29.0 Å². The Morgan fingerprint density at radius 1 is 1.09 bits per heavy atom. The van der Waals surface area contributed by atoms with Gasteiger partial charge in [-0.25, -0.2) is 19.0 Å². The minimum absolute atomic E-state index is 0.0330. The summed E-state index contributed by atoms with van der Waals surface area (Å²) in [4.78, 5) is 38.5. The van der Waals surface area contributed by atoms with Crippen molar-refractivity contribution in [1.29, 1.82) is 0 Å². The van der Waals surface area contributed by atoms with Crippen molar-refractivity contribution < 1.29 is 5.11 Å². The van der Waals surface area contributed by atoms with Crippen LogP contribution in [0.3, 0.4) is 0 Å². The molecule has 1 aromatic carbocycles. The molecular weight excluding hydrogens is 286 g/mol. The maximum atomic E-state index is 11.7. The Morgan fingerprint density at radius 2 is 1.64 bits per heavy atom. The zero-order valence-electron chi connectivity index (χ0n) is 13.0. The van der Waals surface area contributed by atoms with Crippen molar-refractivity contribution >= 4 is 0 Å². The molecule has 0 aliphatic heterocycles. The number of nitrogens with zero attached hydrogens (tertiary/aromatic N) is 1. The van der Waals surface area contributed by atoms with E-state index in [0.29, 0.717) is 11.1 Å². The van der Waals surface area contributed by atoms with Gasteiger partial charge in [0.25, 0.3) is 0 Å². The zero-order valence-corrected chi connectivity index (χ0v) is 13.0. The van der Waals surface area contributed by atoms with Crippen molar-refractivity contribution in [1.82, 2.24) is 14.5 Å². The molecule has 1 heterocycles. The molecule has 0 unspecified atom stereocenters. The van der Waals surface area contributed by atoms with E-state index in [2.05, 4.69) is 0 Å². The topological polar surface area (TPSA) is 108 Å². The van der Waals surface area contributed by atoms with E-state index in [9.17, 15) is 19.5 Å². The Kier molecular flexibility index (Phi) is 3.83. The van der Waals surface area contributed by atoms with Crippen molar-refractivity contribution in [2.75, 3.05) is 0 Å². The maximum Gasteiger partial charge on any atom is 0.333 e. The van der Waals surface area contributed by atoms with Crippen LogP contribution >= 0.6 is 0 Å². The van der Waals surface area contributed by atoms with E-state index in [1.54, 1.807) is 19.1 Å². The second-order valence-electron chi connectivity index (χ2n) is 6.27. The van der Waals surface area contributed by atoms with Crippen LogP contribution in [-0.4, -0.2) is 19.6 Å². The SMILES string of the molecule is Cc1c(Cn2c(=O)[nH]c(=O)[nH]c2=O)ccc(C(C)(C)C)c1O. The Hall–Kier alpha value is -2.57. The summed E-state index contributed by atoms with van der Waals surface area (Å²) in [6, 6.07) is 3.55. The van der Waals surface area contributed by atoms with Gasteiger partial charge in [-0.1, -0.05) is 32.9 Å². The van der Waals surface area contributed by atoms with E-state index in [1.165, 1.54) is 0 Å². The molecule has 7 nitrogen and oxygen atoms in total. The molecule has 0 radical (unpaired) electrons. The first-order chi connectivity index (χ1) is 10.1. The van der Waals surface area contributed by atoms with Crippen molar-refractivity contribution in [3.63, 3.8) is 0 Å². The highest BCUT2D eigenvalue weighted by molar-refractivity contribution is 5.47. The van der Waals surface area contributed by atoms with Gasteiger partial charge in [-0.2, -0.15) is 0 Å². The molecule has 118 valence electrons. The molecule has 0 aliphatic carbocycles. The van der Waals surface area contributed by atoms with Crippen LogP contribution in [-0.2, 0) is 12.0 Å². The smallest absolute Gasteiger partial charge is 0.333 e. The first-order valence-corrected chi connectivity index (χ1v) is 6.86. The lowest BCUT2D eigenvalue weighted by Gasteiger charge is -2.22. The van der Waals surface area contributed by atoms with Crippen LogP contribution < -0.4 is 17.1 Å². The Balaban J connectivity index is 2.53. The van der Waals surface area contributed by atoms with E-state index >= 15 is 0 Å². The van der Waals surface area contributed by atoms with E-state index in [1.807, 2.05) is 30.7 Å². The van der Waals surface area contributed by atoms with Crippen molar-refractivity contribution in [2.45, 2.75) is 39.7 Å². The summed E-state index contributed by atoms with van der Waals surface area (Å²) in [5.74, 6) is 0.152. The van der Waals surface area contributed by atoms with Crippen molar-refractivity contribution in [2.24, 2.45) is 0 Å². The number of aromatic nitrogens is 3. The van der Waals surface area contributed by atoms with Crippen LogP contribution in [0.4, 0.5) is 0 Å². The summed E-state index contributed by atoms with van der Waals surface area (Å²) in [6.45, 7) is 7.65. The quantitative estimate of drug-likeness (QED) is 0.754. The van der Waals surface area contributed by atoms with Gasteiger partial charge >= 0.3 is 17.1 Å². The molecule has 0 saturated heterocycles. The normalized spacial score (nSPS) is 11.6. The molecular formula is C15H19N3O4. The van der Waals surface area contributed by atoms with Gasteiger partial charge in [-0.3, -0.25) is 9.97 Å². The number of H-pyrrole nitrogens is 2. The second kappa shape index (κ2) is 5.32. The lowest BCUT2D eigenvalue weighted by Crippen LogP contribution is -2.43. The molecule has 1 aromatic heterocycles. The van der Waals surface area contributed by atoms with Crippen LogP contribution in [0, 0.1) is 6.92 Å². The van der Waals surface area contributed by atoms with Crippen LogP contribution in [0.5, 0.6) is 5.75 Å². The Morgan fingerprint density at radius 3 is 2.14 bits per heavy atom. The average molecular weight is 305 g/mol. The summed E-state index contributed by atoms with van der Waals surface area (Å²) < 4.78 is 0.875. The summed E-state index contributed by atoms with van der Waals surface area (Å²) >= 11 is 0. The Labute approximate surface area is 126 Å². The third-order valence-electron chi connectivity index (χ3n) is 3.61. The van der Waals surface area contributed by atoms with E-state index in [0.717, 1.165) is 10.1 Å². The molecule has 0 saturated carbocycles. The highest BCUT2D eigenvalue weighted by Crippen LogP contribution is 2.34. The fourth-order valence-corrected chi connectivity index (χ4v) is 2.29. The van der Waals surface area contributed by atoms with Crippen LogP contribution in [0.15, 0.2) is 26.5 Å². The highest BCUT2D eigenvalue weighted by atomic mass is 16.3. The van der Waals surface area contributed by atoms with E-state index < -0.39 is 17.1 Å². The van der Waals surface area contributed by atoms with Crippen molar-refractivity contribution in [3.8, 4) is 5.75 Å². The maximum absolute atomic E-state index is 11.7. The lowest BCUT2D eigenvalue weighted by molar-refractivity contribution is 0.441. The van der Waals surface area contributed by atoms with Gasteiger partial charge in [0, 0.05) is 0 Å². The summed E-state index contributed by atoms with van der Waals surface area (Å²) in [5.41, 5.74) is -0.611. The first kappa shape index (κ1) is 15.8. The molecule has 2 rings (SSSR count). The zero-order chi connectivity index (χ0) is 16.7. The number of phenols is 1. The Bertz CT molecular complexity index is 847. The number of aromatic amines is 2. The lowest BCUT2D eigenvalue weighted by atomic mass is 9.84. The summed E-state index contributed by atoms with van der Waals surface area (Å²) in [5, 5.41) is 10.3. The molecule has 0 amide bonds. The third kappa shape index (κ3) is 2.88. The second-order valence-corrected chi connectivity index (χ2v) is 6.27. The molecule has 0 spiro atoms. The average Bonchev–Trinajstić information content (AvgIpc) is 2.36.